The smallest absolute Gasteiger partial charge is 0.348 e. The summed E-state index contributed by atoms with van der Waals surface area (Å²) in [7, 11) is 0. The van der Waals surface area contributed by atoms with Crippen molar-refractivity contribution in [3.05, 3.63) is 51.7 Å². The Hall–Kier alpha value is -2.34. The van der Waals surface area contributed by atoms with E-state index in [4.69, 9.17) is 14.2 Å². The SMILES string of the molecule is CCCCCC(O)c1ccc(N2C(=O)C[C@H](O)[C@@H]2COCc2ccc(C(=O)OCCN3CCOCC3)s2)cc1. The molecule has 2 fully saturated rings. The molecule has 214 valence electrons. The zero-order chi connectivity index (χ0) is 27.6. The number of benzene rings is 1. The van der Waals surface area contributed by atoms with Crippen molar-refractivity contribution in [1.29, 1.82) is 0 Å². The number of aliphatic hydroxyl groups excluding tert-OH is 2. The number of ether oxygens (including phenoxy) is 3. The lowest BCUT2D eigenvalue weighted by Crippen LogP contribution is -2.40. The lowest BCUT2D eigenvalue weighted by Gasteiger charge is -2.26. The monoisotopic (exact) mass is 560 g/mol. The number of aliphatic hydroxyl groups is 2. The highest BCUT2D eigenvalue weighted by atomic mass is 32.1. The molecule has 3 heterocycles. The van der Waals surface area contributed by atoms with Gasteiger partial charge in [-0.3, -0.25) is 9.69 Å². The van der Waals surface area contributed by atoms with Crippen LogP contribution in [0.3, 0.4) is 0 Å². The Balaban J connectivity index is 1.25. The molecule has 2 saturated heterocycles. The molecular formula is C29H40N2O7S. The minimum atomic E-state index is -0.836. The maximum atomic E-state index is 12.7. The highest BCUT2D eigenvalue weighted by Gasteiger charge is 2.39. The molecule has 1 aromatic heterocycles. The zero-order valence-corrected chi connectivity index (χ0v) is 23.4. The summed E-state index contributed by atoms with van der Waals surface area (Å²) in [6.07, 6.45) is 2.54. The van der Waals surface area contributed by atoms with Gasteiger partial charge in [-0.15, -0.1) is 11.3 Å². The van der Waals surface area contributed by atoms with E-state index in [1.165, 1.54) is 11.3 Å². The standard InChI is InChI=1S/C29H40N2O7S/c1-2-3-4-5-25(32)21-6-8-22(9-7-21)31-24(26(33)18-28(31)34)20-37-19-23-10-11-27(39-23)29(35)38-17-14-30-12-15-36-16-13-30/h6-11,24-26,32-33H,2-5,12-20H2,1H3/t24-,25?,26-/m0/s1. The first-order valence-electron chi connectivity index (χ1n) is 13.9. The quantitative estimate of drug-likeness (QED) is 0.267. The highest BCUT2D eigenvalue weighted by molar-refractivity contribution is 7.13. The molecule has 2 aliphatic rings. The van der Waals surface area contributed by atoms with Gasteiger partial charge in [0.25, 0.3) is 0 Å². The number of unbranched alkanes of at least 4 members (excludes halogenated alkanes) is 2. The van der Waals surface area contributed by atoms with Crippen molar-refractivity contribution < 1.29 is 34.0 Å². The molecule has 2 aliphatic heterocycles. The molecule has 39 heavy (non-hydrogen) atoms. The second-order valence-corrected chi connectivity index (χ2v) is 11.2. The van der Waals surface area contributed by atoms with Gasteiger partial charge in [-0.05, 0) is 36.2 Å². The molecule has 0 spiro atoms. The van der Waals surface area contributed by atoms with Gasteiger partial charge in [0, 0.05) is 30.2 Å². The fourth-order valence-corrected chi connectivity index (χ4v) is 5.75. The van der Waals surface area contributed by atoms with Crippen LogP contribution in [-0.4, -0.2) is 85.2 Å². The average Bonchev–Trinajstić information content (AvgIpc) is 3.53. The van der Waals surface area contributed by atoms with E-state index in [-0.39, 0.29) is 31.5 Å². The summed E-state index contributed by atoms with van der Waals surface area (Å²) in [6.45, 7) is 6.71. The third kappa shape index (κ3) is 8.33. The van der Waals surface area contributed by atoms with Crippen LogP contribution in [0.1, 0.15) is 65.2 Å². The van der Waals surface area contributed by atoms with E-state index < -0.39 is 18.2 Å². The minimum absolute atomic E-state index is 0.0366. The number of hydrogen-bond acceptors (Lipinski definition) is 9. The Kier molecular flexibility index (Phi) is 11.3. The number of carbonyl (C=O) groups excluding carboxylic acids is 2. The van der Waals surface area contributed by atoms with Crippen LogP contribution in [-0.2, 0) is 25.6 Å². The predicted octanol–water partition coefficient (Wildman–Crippen LogP) is 3.53. The number of hydrogen-bond donors (Lipinski definition) is 2. The van der Waals surface area contributed by atoms with Crippen molar-refractivity contribution in [2.75, 3.05) is 51.0 Å². The van der Waals surface area contributed by atoms with E-state index in [9.17, 15) is 19.8 Å². The predicted molar refractivity (Wildman–Crippen MR) is 149 cm³/mol. The number of nitrogens with zero attached hydrogens (tertiary/aromatic N) is 2. The van der Waals surface area contributed by atoms with Crippen LogP contribution in [0.2, 0.25) is 0 Å². The molecule has 0 saturated carbocycles. The van der Waals surface area contributed by atoms with Crippen molar-refractivity contribution in [2.45, 2.75) is 63.9 Å². The van der Waals surface area contributed by atoms with E-state index in [1.807, 2.05) is 30.3 Å². The number of esters is 1. The molecule has 0 aliphatic carbocycles. The molecule has 1 amide bonds. The first kappa shape index (κ1) is 29.6. The van der Waals surface area contributed by atoms with Crippen LogP contribution in [0.5, 0.6) is 0 Å². The van der Waals surface area contributed by atoms with Gasteiger partial charge in [0.1, 0.15) is 11.5 Å². The number of carbonyl (C=O) groups is 2. The average molecular weight is 561 g/mol. The Morgan fingerprint density at radius 2 is 1.92 bits per heavy atom. The molecular weight excluding hydrogens is 520 g/mol. The molecule has 0 radical (unpaired) electrons. The van der Waals surface area contributed by atoms with Gasteiger partial charge in [-0.1, -0.05) is 38.3 Å². The van der Waals surface area contributed by atoms with Crippen molar-refractivity contribution in [3.63, 3.8) is 0 Å². The molecule has 0 bridgehead atoms. The molecule has 3 atom stereocenters. The van der Waals surface area contributed by atoms with Crippen LogP contribution in [0.4, 0.5) is 5.69 Å². The molecule has 1 unspecified atom stereocenters. The second-order valence-electron chi connectivity index (χ2n) is 10.1. The summed E-state index contributed by atoms with van der Waals surface area (Å²) in [4.78, 5) is 30.3. The van der Waals surface area contributed by atoms with E-state index >= 15 is 0 Å². The van der Waals surface area contributed by atoms with Gasteiger partial charge in [0.2, 0.25) is 5.91 Å². The molecule has 2 N–H and O–H groups in total. The molecule has 4 rings (SSSR count). The highest BCUT2D eigenvalue weighted by Crippen LogP contribution is 2.30. The molecule has 10 heteroatoms. The normalized spacial score (nSPS) is 20.9. The van der Waals surface area contributed by atoms with Crippen molar-refractivity contribution in [3.8, 4) is 0 Å². The number of morpholine rings is 1. The lowest BCUT2D eigenvalue weighted by atomic mass is 10.0. The summed E-state index contributed by atoms with van der Waals surface area (Å²) in [5, 5.41) is 21.0. The van der Waals surface area contributed by atoms with Crippen molar-refractivity contribution >= 4 is 28.9 Å². The van der Waals surface area contributed by atoms with Crippen LogP contribution in [0.15, 0.2) is 36.4 Å². The van der Waals surface area contributed by atoms with Gasteiger partial charge >= 0.3 is 5.97 Å². The van der Waals surface area contributed by atoms with Gasteiger partial charge in [0.05, 0.1) is 51.1 Å². The van der Waals surface area contributed by atoms with E-state index in [0.717, 1.165) is 42.8 Å². The van der Waals surface area contributed by atoms with E-state index in [2.05, 4.69) is 11.8 Å². The minimum Gasteiger partial charge on any atom is -0.460 e. The Morgan fingerprint density at radius 1 is 1.15 bits per heavy atom. The van der Waals surface area contributed by atoms with E-state index in [1.54, 1.807) is 11.0 Å². The Morgan fingerprint density at radius 3 is 2.67 bits per heavy atom. The maximum Gasteiger partial charge on any atom is 0.348 e. The molecule has 2 aromatic rings. The summed E-state index contributed by atoms with van der Waals surface area (Å²) < 4.78 is 16.6. The van der Waals surface area contributed by atoms with Crippen LogP contribution >= 0.6 is 11.3 Å². The van der Waals surface area contributed by atoms with E-state index in [0.29, 0.717) is 43.4 Å². The summed E-state index contributed by atoms with van der Waals surface area (Å²) in [6, 6.07) is 10.4. The van der Waals surface area contributed by atoms with Crippen LogP contribution in [0, 0.1) is 0 Å². The van der Waals surface area contributed by atoms with Gasteiger partial charge < -0.3 is 29.3 Å². The summed E-state index contributed by atoms with van der Waals surface area (Å²) in [5.74, 6) is -0.507. The fraction of sp³-hybridized carbons (Fsp3) is 0.586. The van der Waals surface area contributed by atoms with Crippen LogP contribution < -0.4 is 4.90 Å². The number of amides is 1. The van der Waals surface area contributed by atoms with Crippen molar-refractivity contribution in [2.24, 2.45) is 0 Å². The van der Waals surface area contributed by atoms with Gasteiger partial charge in [-0.25, -0.2) is 4.79 Å². The fourth-order valence-electron chi connectivity index (χ4n) is 4.91. The number of anilines is 1. The number of rotatable bonds is 14. The second kappa shape index (κ2) is 14.9. The van der Waals surface area contributed by atoms with Crippen LogP contribution in [0.25, 0.3) is 0 Å². The van der Waals surface area contributed by atoms with Gasteiger partial charge in [-0.2, -0.15) is 0 Å². The van der Waals surface area contributed by atoms with Crippen molar-refractivity contribution in [1.82, 2.24) is 4.90 Å². The Bertz CT molecular complexity index is 1050. The Labute approximate surface area is 234 Å². The molecule has 1 aromatic carbocycles. The number of thiophene rings is 1. The summed E-state index contributed by atoms with van der Waals surface area (Å²) >= 11 is 1.32. The topological polar surface area (TPSA) is 109 Å². The van der Waals surface area contributed by atoms with Gasteiger partial charge in [0.15, 0.2) is 0 Å². The maximum absolute atomic E-state index is 12.7. The first-order chi connectivity index (χ1) is 19.0. The molecule has 9 nitrogen and oxygen atoms in total. The first-order valence-corrected chi connectivity index (χ1v) is 14.7. The zero-order valence-electron chi connectivity index (χ0n) is 22.6. The third-order valence-electron chi connectivity index (χ3n) is 7.21. The summed E-state index contributed by atoms with van der Waals surface area (Å²) in [5.41, 5.74) is 1.50. The third-order valence-corrected chi connectivity index (χ3v) is 8.24. The largest absolute Gasteiger partial charge is 0.460 e. The lowest BCUT2D eigenvalue weighted by molar-refractivity contribution is -0.117.